The van der Waals surface area contributed by atoms with Gasteiger partial charge in [0, 0.05) is 24.9 Å². The molecule has 3 unspecified atom stereocenters. The molecule has 44 heavy (non-hydrogen) atoms. The van der Waals surface area contributed by atoms with Crippen LogP contribution in [0.5, 0.6) is 0 Å². The summed E-state index contributed by atoms with van der Waals surface area (Å²) in [6.45, 7) is 23.9. The summed E-state index contributed by atoms with van der Waals surface area (Å²) in [6, 6.07) is 1.24. The summed E-state index contributed by atoms with van der Waals surface area (Å²) in [5.74, 6) is 0. The zero-order chi connectivity index (χ0) is 34.5. The summed E-state index contributed by atoms with van der Waals surface area (Å²) in [4.78, 5) is 1.96. The average Bonchev–Trinajstić information content (AvgIpc) is 3.05. The first kappa shape index (κ1) is 41.9. The lowest BCUT2D eigenvalue weighted by Gasteiger charge is -2.45. The standard InChI is InChI=1S/C29H59BF2N2O7P2Si/c1-14-38-43(11,36)19-16-28(20-29(31,32)42(9,10)35)24(23(25(30)40-28)41-44(12,13)27(6,7)8)39-26(37-18-15-17-33)34(21(2)3)22(4)5/h21-26H,14-16,18-20,30H2,1-13H3/t23-,24?,25+,26?,28-,43?/m0/s1. The molecule has 0 N–H and O–H groups in total. The average molecular weight is 687 g/mol. The van der Waals surface area contributed by atoms with E-state index in [4.69, 9.17) is 23.2 Å². The molecule has 15 heteroatoms. The summed E-state index contributed by atoms with van der Waals surface area (Å²) in [7, 11) is -7.90. The number of nitrogens with zero attached hydrogens (tertiary/aromatic N) is 2. The summed E-state index contributed by atoms with van der Waals surface area (Å²) in [6.07, 6.45) is -3.89. The maximum absolute atomic E-state index is 15.9. The van der Waals surface area contributed by atoms with Crippen LogP contribution in [-0.2, 0) is 32.3 Å². The fourth-order valence-electron chi connectivity index (χ4n) is 5.25. The minimum atomic E-state index is -3.96. The molecular formula is C29H59BF2N2O7P2Si. The van der Waals surface area contributed by atoms with Crippen LogP contribution in [-0.4, -0.2) is 108 Å². The van der Waals surface area contributed by atoms with Gasteiger partial charge < -0.3 is 27.7 Å². The number of ether oxygens (including phenoxy) is 3. The van der Waals surface area contributed by atoms with Crippen LogP contribution in [0.3, 0.4) is 0 Å². The van der Waals surface area contributed by atoms with Crippen LogP contribution in [0.4, 0.5) is 8.78 Å². The molecule has 0 aromatic heterocycles. The van der Waals surface area contributed by atoms with Crippen LogP contribution in [0.15, 0.2) is 0 Å². The molecule has 0 aromatic rings. The molecule has 0 aliphatic carbocycles. The van der Waals surface area contributed by atoms with E-state index in [-0.39, 0.29) is 49.3 Å². The van der Waals surface area contributed by atoms with Gasteiger partial charge in [0.05, 0.1) is 44.2 Å². The minimum Gasteiger partial charge on any atom is -0.409 e. The van der Waals surface area contributed by atoms with Gasteiger partial charge in [-0.1, -0.05) is 20.8 Å². The Hall–Kier alpha value is -0.148. The molecule has 1 aliphatic rings. The first-order chi connectivity index (χ1) is 19.8. The molecule has 0 spiro atoms. The van der Waals surface area contributed by atoms with Gasteiger partial charge >= 0.3 is 0 Å². The zero-order valence-corrected chi connectivity index (χ0v) is 32.4. The van der Waals surface area contributed by atoms with Crippen LogP contribution in [0.1, 0.15) is 74.7 Å². The summed E-state index contributed by atoms with van der Waals surface area (Å²) >= 11 is 0. The third-order valence-electron chi connectivity index (χ3n) is 8.75. The van der Waals surface area contributed by atoms with Crippen molar-refractivity contribution in [2.24, 2.45) is 0 Å². The van der Waals surface area contributed by atoms with Crippen LogP contribution in [0, 0.1) is 11.3 Å². The largest absolute Gasteiger partial charge is 0.409 e. The lowest BCUT2D eigenvalue weighted by atomic mass is 9.85. The van der Waals surface area contributed by atoms with Crippen LogP contribution in [0.25, 0.3) is 0 Å². The third kappa shape index (κ3) is 11.0. The van der Waals surface area contributed by atoms with Gasteiger partial charge in [-0.3, -0.25) is 9.46 Å². The summed E-state index contributed by atoms with van der Waals surface area (Å²) in [5, 5.41) is 9.00. The van der Waals surface area contributed by atoms with Gasteiger partial charge in [0.15, 0.2) is 15.7 Å². The van der Waals surface area contributed by atoms with Gasteiger partial charge in [0.1, 0.15) is 26.7 Å². The Balaban J connectivity index is 3.96. The molecule has 0 bridgehead atoms. The number of rotatable bonds is 18. The normalized spacial score (nSPS) is 25.9. The van der Waals surface area contributed by atoms with Gasteiger partial charge in [-0.15, -0.1) is 0 Å². The van der Waals surface area contributed by atoms with Crippen molar-refractivity contribution < 1.29 is 41.1 Å². The predicted molar refractivity (Wildman–Crippen MR) is 179 cm³/mol. The molecule has 1 heterocycles. The number of halogens is 2. The van der Waals surface area contributed by atoms with E-state index in [1.54, 1.807) is 14.8 Å². The monoisotopic (exact) mass is 686 g/mol. The number of hydrogen-bond acceptors (Lipinski definition) is 9. The Morgan fingerprint density at radius 2 is 1.66 bits per heavy atom. The Morgan fingerprint density at radius 3 is 2.09 bits per heavy atom. The van der Waals surface area contributed by atoms with Gasteiger partial charge in [-0.25, -0.2) is 0 Å². The van der Waals surface area contributed by atoms with Crippen molar-refractivity contribution in [1.29, 1.82) is 5.26 Å². The molecule has 1 rings (SSSR count). The Labute approximate surface area is 267 Å². The second-order valence-electron chi connectivity index (χ2n) is 14.6. The first-order valence-corrected chi connectivity index (χ1v) is 23.4. The van der Waals surface area contributed by atoms with E-state index in [1.165, 1.54) is 6.66 Å². The molecule has 0 saturated carbocycles. The Morgan fingerprint density at radius 1 is 1.11 bits per heavy atom. The number of alkyl halides is 2. The fraction of sp³-hybridized carbons (Fsp3) is 0.966. The van der Waals surface area contributed by atoms with Crippen LogP contribution < -0.4 is 0 Å². The highest BCUT2D eigenvalue weighted by Crippen LogP contribution is 2.60. The molecule has 9 nitrogen and oxygen atoms in total. The highest BCUT2D eigenvalue weighted by atomic mass is 31.2. The lowest BCUT2D eigenvalue weighted by molar-refractivity contribution is -0.284. The maximum Gasteiger partial charge on any atom is 0.300 e. The van der Waals surface area contributed by atoms with E-state index >= 15 is 8.78 Å². The molecule has 0 amide bonds. The lowest BCUT2D eigenvalue weighted by Crippen LogP contribution is -2.58. The van der Waals surface area contributed by atoms with E-state index in [2.05, 4.69) is 39.9 Å². The molecular weight excluding hydrogens is 627 g/mol. The summed E-state index contributed by atoms with van der Waals surface area (Å²) < 4.78 is 90.1. The first-order valence-electron chi connectivity index (χ1n) is 15.7. The van der Waals surface area contributed by atoms with E-state index in [0.29, 0.717) is 0 Å². The number of hydrogen-bond donors (Lipinski definition) is 0. The van der Waals surface area contributed by atoms with Gasteiger partial charge in [0.25, 0.3) is 5.66 Å². The smallest absolute Gasteiger partial charge is 0.300 e. The molecule has 6 atom stereocenters. The van der Waals surface area contributed by atoms with E-state index < -0.39 is 65.1 Å². The second kappa shape index (κ2) is 15.8. The Bertz CT molecular complexity index is 1060. The van der Waals surface area contributed by atoms with Crippen molar-refractivity contribution in [2.75, 3.05) is 39.4 Å². The van der Waals surface area contributed by atoms with Crippen molar-refractivity contribution in [3.8, 4) is 6.07 Å². The Kier molecular flexibility index (Phi) is 15.1. The highest BCUT2D eigenvalue weighted by Gasteiger charge is 2.63. The van der Waals surface area contributed by atoms with Gasteiger partial charge in [-0.05, 0) is 72.5 Å². The van der Waals surface area contributed by atoms with E-state index in [9.17, 15) is 14.4 Å². The fourth-order valence-corrected chi connectivity index (χ4v) is 8.71. The van der Waals surface area contributed by atoms with Crippen LogP contribution >= 0.6 is 14.5 Å². The quantitative estimate of drug-likeness (QED) is 0.0669. The van der Waals surface area contributed by atoms with Crippen molar-refractivity contribution in [1.82, 2.24) is 4.90 Å². The molecule has 0 aromatic carbocycles. The molecule has 258 valence electrons. The summed E-state index contributed by atoms with van der Waals surface area (Å²) in [5.41, 5.74) is -5.35. The minimum absolute atomic E-state index is 0.0495. The SMILES string of the molecule is B[C@@H]1O[C@@](CCP(C)(=O)OCC)(CC(F)(F)P(C)(C)=O)C(OC(OCCC#N)N(C(C)C)C(C)C)[C@@H]1O[Si](C)(C)C(C)(C)C. The molecule has 1 aliphatic heterocycles. The van der Waals surface area contributed by atoms with Crippen molar-refractivity contribution in [2.45, 2.75) is 141 Å². The van der Waals surface area contributed by atoms with Gasteiger partial charge in [0.2, 0.25) is 6.41 Å². The topological polar surface area (TPSA) is 107 Å². The third-order valence-corrected chi connectivity index (χ3v) is 16.8. The van der Waals surface area contributed by atoms with Crippen molar-refractivity contribution >= 4 is 30.7 Å². The molecule has 1 fully saturated rings. The van der Waals surface area contributed by atoms with Gasteiger partial charge in [-0.2, -0.15) is 14.0 Å². The molecule has 0 radical (unpaired) electrons. The zero-order valence-electron chi connectivity index (χ0n) is 29.6. The van der Waals surface area contributed by atoms with E-state index in [0.717, 1.165) is 13.3 Å². The van der Waals surface area contributed by atoms with Crippen molar-refractivity contribution in [3.05, 3.63) is 0 Å². The highest BCUT2D eigenvalue weighted by molar-refractivity contribution is 7.63. The van der Waals surface area contributed by atoms with E-state index in [1.807, 2.05) is 32.6 Å². The number of nitriles is 1. The van der Waals surface area contributed by atoms with Crippen LogP contribution in [0.2, 0.25) is 18.1 Å². The maximum atomic E-state index is 15.9. The predicted octanol–water partition coefficient (Wildman–Crippen LogP) is 6.76. The van der Waals surface area contributed by atoms with Crippen molar-refractivity contribution in [3.63, 3.8) is 0 Å². The second-order valence-corrected chi connectivity index (χ2v) is 25.5. The molecule has 1 saturated heterocycles.